The first-order valence-corrected chi connectivity index (χ1v) is 4.72. The largest absolute Gasteiger partial charge is 1.00 e. The molecular weight excluding hydrogens is 186 g/mol. The highest BCUT2D eigenvalue weighted by molar-refractivity contribution is 4.83. The quantitative estimate of drug-likeness (QED) is 0.340. The Morgan fingerprint density at radius 2 is 1.85 bits per heavy atom. The molecule has 0 heterocycles. The van der Waals surface area contributed by atoms with E-state index >= 15 is 0 Å². The third-order valence-corrected chi connectivity index (χ3v) is 2.06. The highest BCUT2D eigenvalue weighted by Crippen LogP contribution is 2.06. The van der Waals surface area contributed by atoms with Crippen molar-refractivity contribution in [2.45, 2.75) is 32.9 Å². The van der Waals surface area contributed by atoms with Crippen molar-refractivity contribution in [2.24, 2.45) is 0 Å². The van der Waals surface area contributed by atoms with Crippen LogP contribution in [0.3, 0.4) is 0 Å². The molecule has 13 heavy (non-hydrogen) atoms. The summed E-state index contributed by atoms with van der Waals surface area (Å²) in [5.41, 5.74) is 0. The summed E-state index contributed by atoms with van der Waals surface area (Å²) in [6.07, 6.45) is 5.63. The van der Waals surface area contributed by atoms with Gasteiger partial charge in [-0.25, -0.2) is 0 Å². The first kappa shape index (κ1) is 15.4. The van der Waals surface area contributed by atoms with Gasteiger partial charge in [-0.05, 0) is 18.9 Å². The number of aliphatic hydroxyl groups excluding tert-OH is 1. The summed E-state index contributed by atoms with van der Waals surface area (Å²) in [7, 11) is 4.10. The molecule has 0 aliphatic heterocycles. The lowest BCUT2D eigenvalue weighted by Crippen LogP contribution is -3.00. The number of aliphatic hydroxyl groups is 1. The van der Waals surface area contributed by atoms with E-state index in [4.69, 9.17) is 0 Å². The van der Waals surface area contributed by atoms with Crippen LogP contribution in [0.15, 0.2) is 12.2 Å². The van der Waals surface area contributed by atoms with Gasteiger partial charge in [0, 0.05) is 0 Å². The fraction of sp³-hybridized carbons (Fsp3) is 0.800. The van der Waals surface area contributed by atoms with Gasteiger partial charge in [0.2, 0.25) is 6.23 Å². The molecule has 0 aromatic heterocycles. The van der Waals surface area contributed by atoms with Crippen molar-refractivity contribution in [3.63, 3.8) is 0 Å². The van der Waals surface area contributed by atoms with Crippen LogP contribution in [0.1, 0.15) is 26.7 Å². The molecule has 0 saturated carbocycles. The fourth-order valence-electron chi connectivity index (χ4n) is 1.20. The zero-order valence-electron chi connectivity index (χ0n) is 9.13. The summed E-state index contributed by atoms with van der Waals surface area (Å²) < 4.78 is 0.660. The maximum atomic E-state index is 9.72. The van der Waals surface area contributed by atoms with Gasteiger partial charge >= 0.3 is 0 Å². The lowest BCUT2D eigenvalue weighted by molar-refractivity contribution is -0.929. The first-order valence-electron chi connectivity index (χ1n) is 4.72. The van der Waals surface area contributed by atoms with E-state index in [2.05, 4.69) is 13.8 Å². The number of likely N-dealkylation sites (N-methyl/N-ethyl adjacent to an activating group) is 1. The van der Waals surface area contributed by atoms with Gasteiger partial charge in [-0.3, -0.25) is 0 Å². The van der Waals surface area contributed by atoms with Gasteiger partial charge in [0.25, 0.3) is 0 Å². The van der Waals surface area contributed by atoms with Crippen molar-refractivity contribution in [3.05, 3.63) is 12.2 Å². The van der Waals surface area contributed by atoms with Crippen LogP contribution in [0.2, 0.25) is 0 Å². The van der Waals surface area contributed by atoms with Crippen LogP contribution in [0.5, 0.6) is 0 Å². The predicted molar refractivity (Wildman–Crippen MR) is 52.7 cm³/mol. The summed E-state index contributed by atoms with van der Waals surface area (Å²) in [5, 5.41) is 9.72. The molecule has 0 aliphatic carbocycles. The van der Waals surface area contributed by atoms with Crippen molar-refractivity contribution in [2.75, 3.05) is 20.6 Å². The van der Waals surface area contributed by atoms with Gasteiger partial charge in [-0.2, -0.15) is 0 Å². The number of quaternary nitrogens is 1. The smallest absolute Gasteiger partial charge is 0.210 e. The molecule has 1 unspecified atom stereocenters. The van der Waals surface area contributed by atoms with E-state index in [1.807, 2.05) is 26.2 Å². The molecule has 0 rings (SSSR count). The van der Waals surface area contributed by atoms with Crippen LogP contribution < -0.4 is 12.4 Å². The molecule has 0 saturated heterocycles. The number of rotatable bonds is 5. The molecule has 0 bridgehead atoms. The summed E-state index contributed by atoms with van der Waals surface area (Å²) in [5.74, 6) is 0. The van der Waals surface area contributed by atoms with Crippen LogP contribution in [-0.4, -0.2) is 36.5 Å². The van der Waals surface area contributed by atoms with Crippen molar-refractivity contribution in [1.82, 2.24) is 0 Å². The third kappa shape index (κ3) is 6.08. The minimum absolute atomic E-state index is 0. The second kappa shape index (κ2) is 7.36. The van der Waals surface area contributed by atoms with Crippen molar-refractivity contribution < 1.29 is 22.0 Å². The summed E-state index contributed by atoms with van der Waals surface area (Å²) >= 11 is 0. The minimum atomic E-state index is -0.357. The zero-order chi connectivity index (χ0) is 9.61. The maximum absolute atomic E-state index is 9.72. The molecule has 0 radical (unpaired) electrons. The van der Waals surface area contributed by atoms with Crippen molar-refractivity contribution in [3.8, 4) is 0 Å². The second-order valence-electron chi connectivity index (χ2n) is 3.75. The monoisotopic (exact) mass is 207 g/mol. The van der Waals surface area contributed by atoms with Gasteiger partial charge in [0.1, 0.15) is 0 Å². The van der Waals surface area contributed by atoms with E-state index in [9.17, 15) is 5.11 Å². The topological polar surface area (TPSA) is 20.2 Å². The highest BCUT2D eigenvalue weighted by Gasteiger charge is 2.21. The van der Waals surface area contributed by atoms with E-state index in [0.717, 1.165) is 19.4 Å². The van der Waals surface area contributed by atoms with Crippen molar-refractivity contribution in [1.29, 1.82) is 0 Å². The molecule has 2 nitrogen and oxygen atoms in total. The number of allylic oxidation sites excluding steroid dienone is 1. The Morgan fingerprint density at radius 1 is 1.31 bits per heavy atom. The average molecular weight is 208 g/mol. The Balaban J connectivity index is 0. The molecule has 0 amide bonds. The predicted octanol–water partition coefficient (Wildman–Crippen LogP) is -1.24. The number of hydrogen-bond donors (Lipinski definition) is 1. The Hall–Kier alpha value is -0.0500. The molecule has 0 aliphatic rings. The van der Waals surface area contributed by atoms with E-state index in [1.165, 1.54) is 0 Å². The Labute approximate surface area is 88.3 Å². The molecule has 0 aromatic carbocycles. The van der Waals surface area contributed by atoms with Crippen LogP contribution in [0.25, 0.3) is 0 Å². The van der Waals surface area contributed by atoms with Crippen LogP contribution in [0.4, 0.5) is 0 Å². The molecule has 0 fully saturated rings. The molecule has 3 heteroatoms. The lowest BCUT2D eigenvalue weighted by Gasteiger charge is -2.32. The second-order valence-corrected chi connectivity index (χ2v) is 3.75. The number of halogens is 1. The van der Waals surface area contributed by atoms with Gasteiger partial charge in [-0.1, -0.05) is 19.9 Å². The standard InChI is InChI=1S/C10H22NO.ClH/c1-5-7-8-10(12)11(3,4)9-6-2;/h7-8,10,12H,5-6,9H2,1-4H3;1H/q+1;/p-1. The Morgan fingerprint density at radius 3 is 2.23 bits per heavy atom. The van der Waals surface area contributed by atoms with Gasteiger partial charge in [0.15, 0.2) is 0 Å². The zero-order valence-corrected chi connectivity index (χ0v) is 9.88. The minimum Gasteiger partial charge on any atom is -1.00 e. The SMILES string of the molecule is CCC=CC(O)[N+](C)(C)CCC.[Cl-]. The number of hydrogen-bond acceptors (Lipinski definition) is 1. The van der Waals surface area contributed by atoms with Crippen molar-refractivity contribution >= 4 is 0 Å². The molecule has 0 aromatic rings. The van der Waals surface area contributed by atoms with Gasteiger partial charge in [-0.15, -0.1) is 0 Å². The van der Waals surface area contributed by atoms with E-state index < -0.39 is 0 Å². The van der Waals surface area contributed by atoms with E-state index in [-0.39, 0.29) is 18.6 Å². The number of nitrogens with zero attached hydrogens (tertiary/aromatic N) is 1. The van der Waals surface area contributed by atoms with Gasteiger partial charge in [0.05, 0.1) is 20.6 Å². The van der Waals surface area contributed by atoms with Gasteiger partial charge < -0.3 is 22.0 Å². The molecular formula is C10H22ClNO. The summed E-state index contributed by atoms with van der Waals surface area (Å²) in [4.78, 5) is 0. The normalized spacial score (nSPS) is 14.2. The maximum Gasteiger partial charge on any atom is 0.210 e. The Bertz CT molecular complexity index is 146. The Kier molecular flexibility index (Phi) is 8.74. The van der Waals surface area contributed by atoms with Crippen LogP contribution in [0, 0.1) is 0 Å². The molecule has 80 valence electrons. The average Bonchev–Trinajstić information content (AvgIpc) is 2.00. The lowest BCUT2D eigenvalue weighted by atomic mass is 10.3. The van der Waals surface area contributed by atoms with E-state index in [0.29, 0.717) is 4.48 Å². The first-order chi connectivity index (χ1) is 5.54. The highest BCUT2D eigenvalue weighted by atomic mass is 35.5. The molecule has 0 spiro atoms. The molecule has 1 N–H and O–H groups in total. The summed E-state index contributed by atoms with van der Waals surface area (Å²) in [6, 6.07) is 0. The van der Waals surface area contributed by atoms with E-state index in [1.54, 1.807) is 0 Å². The van der Waals surface area contributed by atoms with Crippen LogP contribution >= 0.6 is 0 Å². The van der Waals surface area contributed by atoms with Crippen LogP contribution in [-0.2, 0) is 0 Å². The summed E-state index contributed by atoms with van der Waals surface area (Å²) in [6.45, 7) is 5.22. The molecule has 1 atom stereocenters. The fourth-order valence-corrected chi connectivity index (χ4v) is 1.20. The third-order valence-electron chi connectivity index (χ3n) is 2.06.